The van der Waals surface area contributed by atoms with Crippen molar-refractivity contribution in [3.05, 3.63) is 77.4 Å². The fraction of sp³-hybridized carbons (Fsp3) is 0.500. The number of carboxylic acid groups (broad SMARTS) is 1. The van der Waals surface area contributed by atoms with E-state index in [1.807, 2.05) is 13.8 Å². The molecule has 3 atom stereocenters. The second-order valence-corrected chi connectivity index (χ2v) is 14.4. The minimum atomic E-state index is -3.87. The third-order valence-electron chi connectivity index (χ3n) is 7.98. The Morgan fingerprint density at radius 1 is 1.02 bits per heavy atom. The predicted octanol–water partition coefficient (Wildman–Crippen LogP) is 5.89. The van der Waals surface area contributed by atoms with Crippen LogP contribution in [0.1, 0.15) is 72.3 Å². The summed E-state index contributed by atoms with van der Waals surface area (Å²) in [5.41, 5.74) is -0.0233. The molecule has 1 saturated heterocycles. The molecule has 3 unspecified atom stereocenters. The number of carboxylic acids is 1. The summed E-state index contributed by atoms with van der Waals surface area (Å²) in [4.78, 5) is 36.2. The van der Waals surface area contributed by atoms with Gasteiger partial charge in [-0.15, -0.1) is 0 Å². The minimum Gasteiger partial charge on any atom is -0.480 e. The van der Waals surface area contributed by atoms with Crippen LogP contribution in [-0.4, -0.2) is 66.5 Å². The van der Waals surface area contributed by atoms with Crippen molar-refractivity contribution in [3.8, 4) is 5.75 Å². The number of esters is 1. The molecule has 1 amide bonds. The van der Waals surface area contributed by atoms with E-state index < -0.39 is 62.9 Å². The van der Waals surface area contributed by atoms with E-state index in [4.69, 9.17) is 14.2 Å². The zero-order chi connectivity index (χ0) is 35.6. The van der Waals surface area contributed by atoms with Gasteiger partial charge in [0.25, 0.3) is 0 Å². The van der Waals surface area contributed by atoms with E-state index in [0.717, 1.165) is 0 Å². The molecule has 11 nitrogen and oxygen atoms in total. The summed E-state index contributed by atoms with van der Waals surface area (Å²) in [6.07, 6.45) is 0.0422. The van der Waals surface area contributed by atoms with Crippen molar-refractivity contribution in [2.24, 2.45) is 5.92 Å². The van der Waals surface area contributed by atoms with Crippen LogP contribution in [0, 0.1) is 17.6 Å². The summed E-state index contributed by atoms with van der Waals surface area (Å²) < 4.78 is 72.6. The molecule has 3 rings (SSSR count). The number of aliphatic carboxylic acids is 1. The number of carbonyl (C=O) groups excluding carboxylic acids is 2. The highest BCUT2D eigenvalue weighted by Crippen LogP contribution is 2.40. The maximum atomic E-state index is 13.9. The third kappa shape index (κ3) is 10.5. The normalized spacial score (nSPS) is 16.7. The Labute approximate surface area is 280 Å². The predicted molar refractivity (Wildman–Crippen MR) is 173 cm³/mol. The van der Waals surface area contributed by atoms with Gasteiger partial charge in [-0.2, -0.15) is 4.31 Å². The molecule has 0 aromatic heterocycles. The molecular weight excluding hydrogens is 650 g/mol. The van der Waals surface area contributed by atoms with Crippen molar-refractivity contribution in [1.82, 2.24) is 9.62 Å². The molecule has 14 heteroatoms. The third-order valence-corrected chi connectivity index (χ3v) is 10.4. The number of rotatable bonds is 17. The molecule has 0 spiro atoms. The van der Waals surface area contributed by atoms with Crippen molar-refractivity contribution in [3.63, 3.8) is 0 Å². The molecule has 264 valence electrons. The topological polar surface area (TPSA) is 149 Å². The fourth-order valence-electron chi connectivity index (χ4n) is 5.38. The van der Waals surface area contributed by atoms with Gasteiger partial charge in [0.2, 0.25) is 16.3 Å². The van der Waals surface area contributed by atoms with Crippen molar-refractivity contribution in [2.45, 2.75) is 89.9 Å². The molecule has 0 saturated carbocycles. The van der Waals surface area contributed by atoms with Crippen molar-refractivity contribution >= 4 is 28.1 Å². The standard InChI is InChI=1S/C34H44F2N2O9S/c1-6-24(18-30(32(40)41)37-33(42)46-23(5)45-31(39)17-22(3)4)11-16-29(7-2)48(43,44)38-20-34(21-38,25-12-14-26(35)15-13-25)47-28-10-8-9-27(36)19-28/h6,8-10,12-15,19,22-23,29-30H,7,11,16-18,20-21H2,1-5H3,(H,37,42)(H,40,41)/b24-6+. The average Bonchev–Trinajstić information content (AvgIpc) is 2.97. The highest BCUT2D eigenvalue weighted by Gasteiger charge is 2.53. The molecule has 1 heterocycles. The molecular formula is C34H44F2N2O9S. The number of hydrogen-bond donors (Lipinski definition) is 2. The monoisotopic (exact) mass is 694 g/mol. The summed E-state index contributed by atoms with van der Waals surface area (Å²) in [5.74, 6) is -2.64. The Bertz CT molecular complexity index is 1560. The molecule has 1 aliphatic heterocycles. The van der Waals surface area contributed by atoms with Gasteiger partial charge in [0, 0.05) is 19.4 Å². The number of nitrogens with one attached hydrogen (secondary N) is 1. The first-order valence-corrected chi connectivity index (χ1v) is 17.3. The number of amides is 1. The van der Waals surface area contributed by atoms with Crippen LogP contribution in [0.25, 0.3) is 0 Å². The van der Waals surface area contributed by atoms with Crippen LogP contribution >= 0.6 is 0 Å². The van der Waals surface area contributed by atoms with E-state index in [2.05, 4.69) is 5.32 Å². The molecule has 1 aliphatic rings. The zero-order valence-corrected chi connectivity index (χ0v) is 28.6. The average molecular weight is 695 g/mol. The van der Waals surface area contributed by atoms with Crippen LogP contribution in [0.4, 0.5) is 13.6 Å². The van der Waals surface area contributed by atoms with Crippen LogP contribution in [-0.2, 0) is 34.7 Å². The van der Waals surface area contributed by atoms with Crippen molar-refractivity contribution in [2.75, 3.05) is 13.1 Å². The van der Waals surface area contributed by atoms with Crippen LogP contribution in [0.15, 0.2) is 60.2 Å². The lowest BCUT2D eigenvalue weighted by molar-refractivity contribution is -0.166. The quantitative estimate of drug-likeness (QED) is 0.117. The van der Waals surface area contributed by atoms with Gasteiger partial charge in [-0.1, -0.05) is 50.6 Å². The molecule has 0 radical (unpaired) electrons. The highest BCUT2D eigenvalue weighted by molar-refractivity contribution is 7.89. The van der Waals surface area contributed by atoms with Gasteiger partial charge in [-0.05, 0) is 68.4 Å². The lowest BCUT2D eigenvalue weighted by atomic mass is 9.87. The SMILES string of the molecule is C/C=C(\CCC(CC)S(=O)(=O)N1CC(Oc2cccc(F)c2)(c2ccc(F)cc2)C1)CC(NC(=O)OC(C)OC(=O)CC(C)C)C(=O)O. The van der Waals surface area contributed by atoms with Gasteiger partial charge in [-0.25, -0.2) is 26.8 Å². The van der Waals surface area contributed by atoms with Gasteiger partial charge in [0.05, 0.1) is 18.3 Å². The van der Waals surface area contributed by atoms with Crippen LogP contribution in [0.5, 0.6) is 5.75 Å². The first-order valence-electron chi connectivity index (χ1n) is 15.8. The van der Waals surface area contributed by atoms with E-state index in [1.165, 1.54) is 53.7 Å². The van der Waals surface area contributed by atoms with Gasteiger partial charge < -0.3 is 24.6 Å². The summed E-state index contributed by atoms with van der Waals surface area (Å²) in [6, 6.07) is 9.62. The van der Waals surface area contributed by atoms with Gasteiger partial charge in [0.1, 0.15) is 23.4 Å². The second kappa shape index (κ2) is 16.9. The Morgan fingerprint density at radius 3 is 2.25 bits per heavy atom. The Hall–Kier alpha value is -4.04. The summed E-state index contributed by atoms with van der Waals surface area (Å²) >= 11 is 0. The first-order chi connectivity index (χ1) is 22.6. The number of ether oxygens (including phenoxy) is 3. The van der Waals surface area contributed by atoms with Crippen LogP contribution < -0.4 is 10.1 Å². The fourth-order valence-corrected chi connectivity index (χ4v) is 7.42. The highest BCUT2D eigenvalue weighted by atomic mass is 32.2. The lowest BCUT2D eigenvalue weighted by Gasteiger charge is -2.49. The van der Waals surface area contributed by atoms with Crippen molar-refractivity contribution < 1.29 is 50.9 Å². The maximum Gasteiger partial charge on any atom is 0.410 e. The second-order valence-electron chi connectivity index (χ2n) is 12.2. The zero-order valence-electron chi connectivity index (χ0n) is 27.8. The van der Waals surface area contributed by atoms with E-state index in [0.29, 0.717) is 11.1 Å². The molecule has 2 N–H and O–H groups in total. The number of alkyl carbamates (subject to hydrolysis) is 1. The smallest absolute Gasteiger partial charge is 0.410 e. The Kier molecular flexibility index (Phi) is 13.5. The number of allylic oxidation sites excluding steroid dienone is 1. The first kappa shape index (κ1) is 38.4. The van der Waals surface area contributed by atoms with E-state index in [9.17, 15) is 36.7 Å². The van der Waals surface area contributed by atoms with E-state index in [1.54, 1.807) is 26.0 Å². The molecule has 2 aromatic rings. The van der Waals surface area contributed by atoms with Crippen molar-refractivity contribution in [1.29, 1.82) is 0 Å². The number of benzene rings is 2. The molecule has 48 heavy (non-hydrogen) atoms. The Morgan fingerprint density at radius 2 is 1.69 bits per heavy atom. The summed E-state index contributed by atoms with van der Waals surface area (Å²) in [6.45, 7) is 8.25. The van der Waals surface area contributed by atoms with E-state index in [-0.39, 0.29) is 56.9 Å². The number of nitrogens with zero attached hydrogens (tertiary/aromatic N) is 1. The number of halogens is 2. The lowest BCUT2D eigenvalue weighted by Crippen LogP contribution is -2.65. The number of hydrogen-bond acceptors (Lipinski definition) is 8. The number of sulfonamides is 1. The van der Waals surface area contributed by atoms with Gasteiger partial charge in [-0.3, -0.25) is 4.79 Å². The van der Waals surface area contributed by atoms with Gasteiger partial charge >= 0.3 is 18.0 Å². The molecule has 0 aliphatic carbocycles. The van der Waals surface area contributed by atoms with Crippen LogP contribution in [0.2, 0.25) is 0 Å². The maximum absolute atomic E-state index is 13.9. The minimum absolute atomic E-state index is 0.0399. The number of carbonyl (C=O) groups is 3. The van der Waals surface area contributed by atoms with Gasteiger partial charge in [0.15, 0.2) is 5.60 Å². The summed E-state index contributed by atoms with van der Waals surface area (Å²) in [5, 5.41) is 11.2. The molecule has 0 bridgehead atoms. The van der Waals surface area contributed by atoms with Crippen LogP contribution in [0.3, 0.4) is 0 Å². The largest absolute Gasteiger partial charge is 0.480 e. The molecule has 2 aromatic carbocycles. The van der Waals surface area contributed by atoms with E-state index >= 15 is 0 Å². The molecule has 1 fully saturated rings. The Balaban J connectivity index is 1.64. The summed E-state index contributed by atoms with van der Waals surface area (Å²) in [7, 11) is -3.87.